The maximum absolute atomic E-state index is 12.4. The number of rotatable bonds is 3. The zero-order valence-corrected chi connectivity index (χ0v) is 12.1. The van der Waals surface area contributed by atoms with E-state index in [9.17, 15) is 4.79 Å². The minimum absolute atomic E-state index is 0.106. The van der Waals surface area contributed by atoms with Crippen LogP contribution in [0.4, 0.5) is 0 Å². The fourth-order valence-electron chi connectivity index (χ4n) is 2.58. The van der Waals surface area contributed by atoms with E-state index in [-0.39, 0.29) is 5.91 Å². The Balaban J connectivity index is 1.97. The largest absolute Gasteiger partial charge is 0.481 e. The standard InChI is InChI=1S/C16H23NO2/c1-12-7-6-10-17(11-12)16(18)14(3)19-15-9-5-4-8-13(15)2/h4-5,8-9,12,14H,6-7,10-11H2,1-3H3. The summed E-state index contributed by atoms with van der Waals surface area (Å²) >= 11 is 0. The van der Waals surface area contributed by atoms with E-state index in [0.29, 0.717) is 5.92 Å². The Morgan fingerprint density at radius 2 is 2.16 bits per heavy atom. The van der Waals surface area contributed by atoms with Crippen molar-refractivity contribution in [3.63, 3.8) is 0 Å². The average molecular weight is 261 g/mol. The van der Waals surface area contributed by atoms with Gasteiger partial charge in [0.05, 0.1) is 0 Å². The summed E-state index contributed by atoms with van der Waals surface area (Å²) in [5, 5.41) is 0. The number of para-hydroxylation sites is 1. The Morgan fingerprint density at radius 1 is 1.42 bits per heavy atom. The van der Waals surface area contributed by atoms with Gasteiger partial charge in [0.25, 0.3) is 5.91 Å². The number of carbonyl (C=O) groups excluding carboxylic acids is 1. The summed E-state index contributed by atoms with van der Waals surface area (Å²) in [6, 6.07) is 7.82. The third kappa shape index (κ3) is 3.49. The summed E-state index contributed by atoms with van der Waals surface area (Å²) in [6.45, 7) is 7.76. The zero-order valence-electron chi connectivity index (χ0n) is 12.1. The molecule has 1 aliphatic rings. The number of piperidine rings is 1. The lowest BCUT2D eigenvalue weighted by molar-refractivity contribution is -0.139. The maximum Gasteiger partial charge on any atom is 0.263 e. The number of carbonyl (C=O) groups is 1. The van der Waals surface area contributed by atoms with Crippen LogP contribution in [0.3, 0.4) is 0 Å². The first-order valence-electron chi connectivity index (χ1n) is 7.09. The summed E-state index contributed by atoms with van der Waals surface area (Å²) in [5.41, 5.74) is 1.06. The van der Waals surface area contributed by atoms with Crippen molar-refractivity contribution in [1.82, 2.24) is 4.90 Å². The van der Waals surface area contributed by atoms with E-state index in [4.69, 9.17) is 4.74 Å². The Morgan fingerprint density at radius 3 is 2.84 bits per heavy atom. The van der Waals surface area contributed by atoms with Gasteiger partial charge < -0.3 is 9.64 Å². The van der Waals surface area contributed by atoms with Gasteiger partial charge in [-0.3, -0.25) is 4.79 Å². The van der Waals surface area contributed by atoms with Crippen molar-refractivity contribution in [3.05, 3.63) is 29.8 Å². The number of likely N-dealkylation sites (tertiary alicyclic amines) is 1. The number of amides is 1. The first-order valence-corrected chi connectivity index (χ1v) is 7.09. The van der Waals surface area contributed by atoms with Gasteiger partial charge in [0, 0.05) is 13.1 Å². The molecule has 19 heavy (non-hydrogen) atoms. The molecule has 1 heterocycles. The third-order valence-electron chi connectivity index (χ3n) is 3.71. The molecule has 0 radical (unpaired) electrons. The number of nitrogens with zero attached hydrogens (tertiary/aromatic N) is 1. The van der Waals surface area contributed by atoms with Gasteiger partial charge in [0.15, 0.2) is 6.10 Å². The van der Waals surface area contributed by atoms with E-state index in [1.54, 1.807) is 0 Å². The van der Waals surface area contributed by atoms with Crippen LogP contribution in [0.5, 0.6) is 5.75 Å². The molecule has 1 saturated heterocycles. The zero-order chi connectivity index (χ0) is 13.8. The van der Waals surface area contributed by atoms with Gasteiger partial charge in [-0.15, -0.1) is 0 Å². The van der Waals surface area contributed by atoms with Crippen LogP contribution in [-0.4, -0.2) is 30.0 Å². The van der Waals surface area contributed by atoms with Crippen LogP contribution in [0.15, 0.2) is 24.3 Å². The van der Waals surface area contributed by atoms with E-state index in [1.807, 2.05) is 43.0 Å². The topological polar surface area (TPSA) is 29.5 Å². The summed E-state index contributed by atoms with van der Waals surface area (Å²) in [6.07, 6.45) is 1.91. The molecule has 3 nitrogen and oxygen atoms in total. The Kier molecular flexibility index (Phi) is 4.46. The van der Waals surface area contributed by atoms with Crippen molar-refractivity contribution in [2.24, 2.45) is 5.92 Å². The molecule has 2 atom stereocenters. The highest BCUT2D eigenvalue weighted by Gasteiger charge is 2.26. The van der Waals surface area contributed by atoms with E-state index in [2.05, 4.69) is 6.92 Å². The highest BCUT2D eigenvalue weighted by atomic mass is 16.5. The van der Waals surface area contributed by atoms with Gasteiger partial charge in [0.1, 0.15) is 5.75 Å². The third-order valence-corrected chi connectivity index (χ3v) is 3.71. The normalized spacial score (nSPS) is 21.0. The number of hydrogen-bond acceptors (Lipinski definition) is 2. The van der Waals surface area contributed by atoms with Crippen molar-refractivity contribution in [3.8, 4) is 5.75 Å². The minimum atomic E-state index is -0.411. The van der Waals surface area contributed by atoms with Gasteiger partial charge >= 0.3 is 0 Å². The number of ether oxygens (including phenoxy) is 1. The molecule has 1 aliphatic heterocycles. The highest BCUT2D eigenvalue weighted by molar-refractivity contribution is 5.81. The molecular formula is C16H23NO2. The molecule has 0 bridgehead atoms. The van der Waals surface area contributed by atoms with Gasteiger partial charge in [0.2, 0.25) is 0 Å². The van der Waals surface area contributed by atoms with E-state index in [0.717, 1.165) is 30.8 Å². The highest BCUT2D eigenvalue weighted by Crippen LogP contribution is 2.20. The molecule has 0 N–H and O–H groups in total. The molecule has 1 aromatic rings. The van der Waals surface area contributed by atoms with Crippen LogP contribution in [0.1, 0.15) is 32.3 Å². The molecular weight excluding hydrogens is 238 g/mol. The average Bonchev–Trinajstić information content (AvgIpc) is 2.40. The van der Waals surface area contributed by atoms with E-state index >= 15 is 0 Å². The van der Waals surface area contributed by atoms with Crippen LogP contribution < -0.4 is 4.74 Å². The van der Waals surface area contributed by atoms with Gasteiger partial charge in [-0.25, -0.2) is 0 Å². The van der Waals surface area contributed by atoms with E-state index in [1.165, 1.54) is 6.42 Å². The van der Waals surface area contributed by atoms with Crippen LogP contribution in [0.2, 0.25) is 0 Å². The van der Waals surface area contributed by atoms with Crippen molar-refractivity contribution in [2.75, 3.05) is 13.1 Å². The first kappa shape index (κ1) is 13.9. The fourth-order valence-corrected chi connectivity index (χ4v) is 2.58. The molecule has 2 unspecified atom stereocenters. The van der Waals surface area contributed by atoms with Gasteiger partial charge in [-0.05, 0) is 44.2 Å². The number of hydrogen-bond donors (Lipinski definition) is 0. The second kappa shape index (κ2) is 6.09. The van der Waals surface area contributed by atoms with Gasteiger partial charge in [-0.2, -0.15) is 0 Å². The van der Waals surface area contributed by atoms with Crippen LogP contribution in [0.25, 0.3) is 0 Å². The molecule has 2 rings (SSSR count). The summed E-state index contributed by atoms with van der Waals surface area (Å²) in [7, 11) is 0. The monoisotopic (exact) mass is 261 g/mol. The Hall–Kier alpha value is -1.51. The molecule has 3 heteroatoms. The number of aryl methyl sites for hydroxylation is 1. The second-order valence-electron chi connectivity index (χ2n) is 5.56. The Bertz CT molecular complexity index is 444. The predicted octanol–water partition coefficient (Wildman–Crippen LogP) is 3.02. The van der Waals surface area contributed by atoms with Crippen molar-refractivity contribution in [2.45, 2.75) is 39.7 Å². The molecule has 0 aliphatic carbocycles. The van der Waals surface area contributed by atoms with Crippen molar-refractivity contribution < 1.29 is 9.53 Å². The molecule has 0 aromatic heterocycles. The lowest BCUT2D eigenvalue weighted by atomic mass is 10.00. The minimum Gasteiger partial charge on any atom is -0.481 e. The van der Waals surface area contributed by atoms with Crippen LogP contribution in [0, 0.1) is 12.8 Å². The summed E-state index contributed by atoms with van der Waals surface area (Å²) in [4.78, 5) is 14.3. The molecule has 1 fully saturated rings. The molecule has 1 amide bonds. The quantitative estimate of drug-likeness (QED) is 0.837. The summed E-state index contributed by atoms with van der Waals surface area (Å²) < 4.78 is 5.80. The lowest BCUT2D eigenvalue weighted by Crippen LogP contribution is -2.45. The number of benzene rings is 1. The first-order chi connectivity index (χ1) is 9.08. The van der Waals surface area contributed by atoms with E-state index < -0.39 is 6.10 Å². The Labute approximate surface area is 115 Å². The molecule has 0 saturated carbocycles. The lowest BCUT2D eigenvalue weighted by Gasteiger charge is -2.32. The second-order valence-corrected chi connectivity index (χ2v) is 5.56. The summed E-state index contributed by atoms with van der Waals surface area (Å²) in [5.74, 6) is 1.51. The smallest absolute Gasteiger partial charge is 0.263 e. The molecule has 1 aromatic carbocycles. The predicted molar refractivity (Wildman–Crippen MR) is 76.2 cm³/mol. The SMILES string of the molecule is Cc1ccccc1OC(C)C(=O)N1CCCC(C)C1. The van der Waals surface area contributed by atoms with Crippen molar-refractivity contribution >= 4 is 5.91 Å². The fraction of sp³-hybridized carbons (Fsp3) is 0.562. The van der Waals surface area contributed by atoms with Crippen molar-refractivity contribution in [1.29, 1.82) is 0 Å². The molecule has 0 spiro atoms. The maximum atomic E-state index is 12.4. The van der Waals surface area contributed by atoms with Crippen LogP contribution in [-0.2, 0) is 4.79 Å². The van der Waals surface area contributed by atoms with Crippen LogP contribution >= 0.6 is 0 Å². The van der Waals surface area contributed by atoms with Gasteiger partial charge in [-0.1, -0.05) is 25.1 Å². The molecule has 104 valence electrons.